The lowest BCUT2D eigenvalue weighted by atomic mass is 9.78. The van der Waals surface area contributed by atoms with E-state index in [1.165, 1.54) is 30.0 Å². The number of rotatable bonds is 2. The number of para-hydroxylation sites is 2. The largest absolute Gasteiger partial charge is 0.471 e. The maximum atomic E-state index is 13.9. The zero-order valence-electron chi connectivity index (χ0n) is 20.7. The smallest absolute Gasteiger partial charge is 0.467 e. The lowest BCUT2D eigenvalue weighted by Crippen LogP contribution is -2.45. The molecule has 5 nitrogen and oxygen atoms in total. The Bertz CT molecular complexity index is 1370. The number of fused-ring (bicyclic) bond motifs is 1. The Morgan fingerprint density at radius 1 is 0.973 bits per heavy atom. The molecule has 2 heterocycles. The van der Waals surface area contributed by atoms with Gasteiger partial charge in [0, 0.05) is 17.7 Å². The minimum Gasteiger partial charge on any atom is -0.467 e. The second-order valence-corrected chi connectivity index (χ2v) is 10.5. The molecule has 1 amide bonds. The number of amides is 1. The Balaban J connectivity index is 1.64. The molecule has 1 aliphatic heterocycles. The van der Waals surface area contributed by atoms with E-state index in [1.807, 2.05) is 12.1 Å². The van der Waals surface area contributed by atoms with Gasteiger partial charge in [0.2, 0.25) is 0 Å². The van der Waals surface area contributed by atoms with Gasteiger partial charge in [-0.1, -0.05) is 57.2 Å². The molecule has 0 bridgehead atoms. The summed E-state index contributed by atoms with van der Waals surface area (Å²) in [5, 5.41) is 3.21. The van der Waals surface area contributed by atoms with Crippen LogP contribution in [-0.2, 0) is 15.0 Å². The molecular weight excluding hydrogens is 481 g/mol. The van der Waals surface area contributed by atoms with Crippen LogP contribution in [0.1, 0.15) is 62.5 Å². The zero-order valence-corrected chi connectivity index (χ0v) is 20.7. The number of furan rings is 1. The average Bonchev–Trinajstić information content (AvgIpc) is 3.32. The summed E-state index contributed by atoms with van der Waals surface area (Å²) in [5.74, 6) is -2.47. The number of ketones is 1. The fourth-order valence-electron chi connectivity index (χ4n) is 5.16. The van der Waals surface area contributed by atoms with Crippen LogP contribution in [0.5, 0.6) is 0 Å². The first-order valence-corrected chi connectivity index (χ1v) is 12.1. The van der Waals surface area contributed by atoms with E-state index in [4.69, 9.17) is 4.42 Å². The van der Waals surface area contributed by atoms with Gasteiger partial charge in [0.25, 0.3) is 0 Å². The number of nitrogens with one attached hydrogen (secondary N) is 1. The number of Topliss-reactive ketones (excluding diaryl/α,β-unsaturated/α-hetero) is 1. The summed E-state index contributed by atoms with van der Waals surface area (Å²) in [6.07, 6.45) is -3.33. The Kier molecular flexibility index (Phi) is 6.01. The third-order valence-corrected chi connectivity index (χ3v) is 7.01. The molecule has 2 aliphatic rings. The van der Waals surface area contributed by atoms with Crippen molar-refractivity contribution < 1.29 is 27.2 Å². The fraction of sp³-hybridized carbons (Fsp3) is 0.310. The lowest BCUT2D eigenvalue weighted by Gasteiger charge is -2.34. The van der Waals surface area contributed by atoms with Crippen LogP contribution in [0.3, 0.4) is 0 Å². The second kappa shape index (κ2) is 8.94. The first-order chi connectivity index (χ1) is 17.4. The van der Waals surface area contributed by atoms with Gasteiger partial charge in [-0.3, -0.25) is 14.5 Å². The van der Waals surface area contributed by atoms with Gasteiger partial charge < -0.3 is 9.73 Å². The van der Waals surface area contributed by atoms with Crippen molar-refractivity contribution >= 4 is 23.1 Å². The highest BCUT2D eigenvalue weighted by molar-refractivity contribution is 6.07. The van der Waals surface area contributed by atoms with Crippen molar-refractivity contribution in [1.82, 2.24) is 0 Å². The van der Waals surface area contributed by atoms with Crippen LogP contribution in [-0.4, -0.2) is 17.9 Å². The van der Waals surface area contributed by atoms with Gasteiger partial charge in [-0.25, -0.2) is 0 Å². The highest BCUT2D eigenvalue weighted by Crippen LogP contribution is 2.48. The molecule has 1 aromatic heterocycles. The van der Waals surface area contributed by atoms with Crippen LogP contribution in [0, 0.1) is 0 Å². The maximum absolute atomic E-state index is 13.9. The summed E-state index contributed by atoms with van der Waals surface area (Å²) in [4.78, 5) is 27.2. The number of alkyl halides is 3. The minimum atomic E-state index is -5.15. The number of carbonyl (C=O) groups is 2. The summed E-state index contributed by atoms with van der Waals surface area (Å²) >= 11 is 0. The van der Waals surface area contributed by atoms with E-state index >= 15 is 0 Å². The second-order valence-electron chi connectivity index (χ2n) is 10.5. The van der Waals surface area contributed by atoms with Crippen LogP contribution in [0.25, 0.3) is 0 Å². The van der Waals surface area contributed by atoms with Crippen molar-refractivity contribution in [1.29, 1.82) is 0 Å². The van der Waals surface area contributed by atoms with Crippen molar-refractivity contribution in [3.05, 3.63) is 95.1 Å². The van der Waals surface area contributed by atoms with Crippen molar-refractivity contribution in [2.45, 2.75) is 57.2 Å². The summed E-state index contributed by atoms with van der Waals surface area (Å²) in [7, 11) is 0. The van der Waals surface area contributed by atoms with Crippen LogP contribution >= 0.6 is 0 Å². The number of hydrogen-bond acceptors (Lipinski definition) is 4. The quantitative estimate of drug-likeness (QED) is 0.403. The van der Waals surface area contributed by atoms with Crippen molar-refractivity contribution in [2.75, 3.05) is 10.2 Å². The Morgan fingerprint density at radius 3 is 2.30 bits per heavy atom. The minimum absolute atomic E-state index is 0.0199. The molecule has 2 aromatic carbocycles. The summed E-state index contributed by atoms with van der Waals surface area (Å²) in [6, 6.07) is 16.1. The summed E-state index contributed by atoms with van der Waals surface area (Å²) < 4.78 is 47.1. The zero-order chi connectivity index (χ0) is 26.5. The fourth-order valence-corrected chi connectivity index (χ4v) is 5.16. The number of carbonyl (C=O) groups excluding carboxylic acids is 2. The molecule has 37 heavy (non-hydrogen) atoms. The van der Waals surface area contributed by atoms with E-state index < -0.39 is 18.1 Å². The number of hydrogen-bond donors (Lipinski definition) is 1. The SMILES string of the molecule is CC(C)(C)c1ccc([C@@H]2CC(=O)C3=C(C2)Nc2ccccc2N(C(=O)C(F)(F)F)[C@@H]3c2ccco2)cc1. The first-order valence-electron chi connectivity index (χ1n) is 12.1. The highest BCUT2D eigenvalue weighted by Gasteiger charge is 2.50. The molecule has 0 radical (unpaired) electrons. The molecule has 0 unspecified atom stereocenters. The molecule has 2 atom stereocenters. The van der Waals surface area contributed by atoms with Crippen LogP contribution in [0.15, 0.2) is 82.6 Å². The molecule has 5 rings (SSSR count). The maximum Gasteiger partial charge on any atom is 0.471 e. The average molecular weight is 509 g/mol. The van der Waals surface area contributed by atoms with Crippen LogP contribution in [0.2, 0.25) is 0 Å². The number of nitrogens with zero attached hydrogens (tertiary/aromatic N) is 1. The van der Waals surface area contributed by atoms with Crippen LogP contribution in [0.4, 0.5) is 24.5 Å². The summed E-state index contributed by atoms with van der Waals surface area (Å²) in [5.41, 5.74) is 3.08. The number of allylic oxidation sites excluding steroid dienone is 1. The van der Waals surface area contributed by atoms with Crippen molar-refractivity contribution in [2.24, 2.45) is 0 Å². The number of anilines is 2. The Hall–Kier alpha value is -3.81. The van der Waals surface area contributed by atoms with E-state index in [0.29, 0.717) is 22.7 Å². The molecule has 192 valence electrons. The van der Waals surface area contributed by atoms with Crippen molar-refractivity contribution in [3.63, 3.8) is 0 Å². The third kappa shape index (κ3) is 4.56. The molecule has 1 aliphatic carbocycles. The molecule has 0 fully saturated rings. The van der Waals surface area contributed by atoms with Gasteiger partial charge in [-0.2, -0.15) is 13.2 Å². The normalized spacial score (nSPS) is 20.2. The Morgan fingerprint density at radius 2 is 1.68 bits per heavy atom. The highest BCUT2D eigenvalue weighted by atomic mass is 19.4. The van der Waals surface area contributed by atoms with E-state index in [-0.39, 0.29) is 40.6 Å². The molecular formula is C29H27F3N2O3. The van der Waals surface area contributed by atoms with E-state index in [9.17, 15) is 22.8 Å². The number of benzene rings is 2. The first kappa shape index (κ1) is 24.9. The van der Waals surface area contributed by atoms with Gasteiger partial charge in [-0.15, -0.1) is 0 Å². The van der Waals surface area contributed by atoms with Gasteiger partial charge in [-0.05, 0) is 53.1 Å². The van der Waals surface area contributed by atoms with Gasteiger partial charge in [0.15, 0.2) is 5.78 Å². The lowest BCUT2D eigenvalue weighted by molar-refractivity contribution is -0.171. The molecule has 0 saturated heterocycles. The van der Waals surface area contributed by atoms with Crippen LogP contribution < -0.4 is 10.2 Å². The van der Waals surface area contributed by atoms with Crippen molar-refractivity contribution in [3.8, 4) is 0 Å². The molecule has 3 aromatic rings. The van der Waals surface area contributed by atoms with Gasteiger partial charge in [0.1, 0.15) is 11.8 Å². The predicted octanol–water partition coefficient (Wildman–Crippen LogP) is 7.04. The molecule has 1 N–H and O–H groups in total. The predicted molar refractivity (Wildman–Crippen MR) is 134 cm³/mol. The van der Waals surface area contributed by atoms with E-state index in [1.54, 1.807) is 18.2 Å². The summed E-state index contributed by atoms with van der Waals surface area (Å²) in [6.45, 7) is 6.37. The molecule has 8 heteroatoms. The Labute approximate surface area is 213 Å². The topological polar surface area (TPSA) is 62.6 Å². The third-order valence-electron chi connectivity index (χ3n) is 7.01. The molecule has 0 spiro atoms. The van der Waals surface area contributed by atoms with Gasteiger partial charge >= 0.3 is 12.1 Å². The number of halogens is 3. The van der Waals surface area contributed by atoms with Gasteiger partial charge in [0.05, 0.1) is 17.6 Å². The molecule has 0 saturated carbocycles. The monoisotopic (exact) mass is 508 g/mol. The van der Waals surface area contributed by atoms with E-state index in [0.717, 1.165) is 5.56 Å². The standard InChI is InChI=1S/C29H27F3N2O3/c1-28(2,3)19-12-10-17(11-13-19)18-15-21-25(23(35)16-18)26(24-9-6-14-37-24)34(27(36)29(30,31)32)22-8-5-4-7-20(22)33-21/h4-14,18,26,33H,15-16H2,1-3H3/t18-,26+/m0/s1. The van der Waals surface area contributed by atoms with E-state index in [2.05, 4.69) is 38.2 Å².